The monoisotopic (exact) mass is 323 g/mol. The van der Waals surface area contributed by atoms with E-state index in [-0.39, 0.29) is 0 Å². The molecule has 2 rings (SSSR count). The van der Waals surface area contributed by atoms with E-state index in [0.29, 0.717) is 23.8 Å². The first-order valence-electron chi connectivity index (χ1n) is 6.73. The summed E-state index contributed by atoms with van der Waals surface area (Å²) in [6.07, 6.45) is -5.93. The van der Waals surface area contributed by atoms with Crippen molar-refractivity contribution in [3.05, 3.63) is 17.5 Å². The number of alkyl halides is 4. The second kappa shape index (κ2) is 7.05. The van der Waals surface area contributed by atoms with Crippen molar-refractivity contribution in [1.82, 2.24) is 25.1 Å². The van der Waals surface area contributed by atoms with Crippen molar-refractivity contribution in [3.8, 4) is 0 Å². The van der Waals surface area contributed by atoms with E-state index in [1.807, 2.05) is 7.05 Å². The van der Waals surface area contributed by atoms with Crippen LogP contribution < -0.4 is 5.43 Å². The molecule has 0 bridgehead atoms. The van der Waals surface area contributed by atoms with Crippen LogP contribution in [0.4, 0.5) is 17.6 Å². The Kier molecular flexibility index (Phi) is 5.35. The van der Waals surface area contributed by atoms with Gasteiger partial charge >= 0.3 is 0 Å². The predicted molar refractivity (Wildman–Crippen MR) is 69.4 cm³/mol. The van der Waals surface area contributed by atoms with E-state index in [1.54, 1.807) is 5.01 Å². The number of aromatic nitrogens is 2. The zero-order chi connectivity index (χ0) is 16.3. The molecular formula is C12H17F4N5O. The highest BCUT2D eigenvalue weighted by molar-refractivity contribution is 5.75. The lowest BCUT2D eigenvalue weighted by Crippen LogP contribution is -2.53. The van der Waals surface area contributed by atoms with Gasteiger partial charge in [0.25, 0.3) is 18.8 Å². The van der Waals surface area contributed by atoms with E-state index in [0.717, 1.165) is 13.1 Å². The third-order valence-corrected chi connectivity index (χ3v) is 3.36. The average Bonchev–Trinajstić information content (AvgIpc) is 2.85. The number of carbonyl (C=O) groups excluding carboxylic acids is 1. The number of hydrazine groups is 1. The van der Waals surface area contributed by atoms with Crippen LogP contribution >= 0.6 is 0 Å². The molecule has 1 amide bonds. The molecule has 0 aromatic carbocycles. The lowest BCUT2D eigenvalue weighted by Gasteiger charge is -2.32. The highest BCUT2D eigenvalue weighted by Gasteiger charge is 2.23. The van der Waals surface area contributed by atoms with Gasteiger partial charge in [0, 0.05) is 26.2 Å². The second-order valence-electron chi connectivity index (χ2n) is 5.08. The summed E-state index contributed by atoms with van der Waals surface area (Å²) in [7, 11) is 1.95. The Morgan fingerprint density at radius 3 is 2.41 bits per heavy atom. The summed E-state index contributed by atoms with van der Waals surface area (Å²) in [6.45, 7) is 2.20. The van der Waals surface area contributed by atoms with Gasteiger partial charge in [-0.05, 0) is 13.1 Å². The number of nitrogens with one attached hydrogen (secondary N) is 1. The molecule has 1 aliphatic rings. The van der Waals surface area contributed by atoms with Gasteiger partial charge in [0.2, 0.25) is 0 Å². The van der Waals surface area contributed by atoms with Gasteiger partial charge in [0.05, 0.1) is 0 Å². The number of halogens is 4. The smallest absolute Gasteiger partial charge is 0.282 e. The molecule has 1 aliphatic heterocycles. The number of rotatable bonds is 5. The van der Waals surface area contributed by atoms with Crippen LogP contribution in [-0.2, 0) is 11.3 Å². The van der Waals surface area contributed by atoms with Crippen LogP contribution in [0.25, 0.3) is 0 Å². The SMILES string of the molecule is CN1CCN(NC(=O)Cn2nc(C(F)F)cc2C(F)F)CC1. The van der Waals surface area contributed by atoms with Crippen molar-refractivity contribution in [3.63, 3.8) is 0 Å². The quantitative estimate of drug-likeness (QED) is 0.823. The molecule has 1 aromatic rings. The van der Waals surface area contributed by atoms with E-state index in [2.05, 4.69) is 15.4 Å². The maximum atomic E-state index is 12.8. The predicted octanol–water partition coefficient (Wildman–Crippen LogP) is 1.04. The maximum Gasteiger partial charge on any atom is 0.282 e. The number of likely N-dealkylation sites (N-methyl/N-ethyl adjacent to an activating group) is 1. The molecule has 0 saturated carbocycles. The molecule has 0 atom stereocenters. The zero-order valence-electron chi connectivity index (χ0n) is 12.0. The molecule has 22 heavy (non-hydrogen) atoms. The fourth-order valence-electron chi connectivity index (χ4n) is 2.13. The summed E-state index contributed by atoms with van der Waals surface area (Å²) >= 11 is 0. The van der Waals surface area contributed by atoms with E-state index >= 15 is 0 Å². The van der Waals surface area contributed by atoms with Crippen LogP contribution in [0.5, 0.6) is 0 Å². The molecule has 1 saturated heterocycles. The van der Waals surface area contributed by atoms with Crippen molar-refractivity contribution in [2.75, 3.05) is 33.2 Å². The van der Waals surface area contributed by atoms with E-state index in [9.17, 15) is 22.4 Å². The van der Waals surface area contributed by atoms with Crippen LogP contribution in [0.3, 0.4) is 0 Å². The first-order chi connectivity index (χ1) is 10.4. The highest BCUT2D eigenvalue weighted by atomic mass is 19.3. The second-order valence-corrected chi connectivity index (χ2v) is 5.08. The third kappa shape index (κ3) is 4.17. The number of amides is 1. The molecule has 0 radical (unpaired) electrons. The van der Waals surface area contributed by atoms with Crippen molar-refractivity contribution < 1.29 is 22.4 Å². The molecule has 124 valence electrons. The van der Waals surface area contributed by atoms with Crippen LogP contribution in [0.2, 0.25) is 0 Å². The van der Waals surface area contributed by atoms with E-state index < -0.39 is 36.7 Å². The summed E-state index contributed by atoms with van der Waals surface area (Å²) in [6, 6.07) is 0.623. The van der Waals surface area contributed by atoms with Crippen LogP contribution in [-0.4, -0.2) is 58.8 Å². The summed E-state index contributed by atoms with van der Waals surface area (Å²) in [5, 5.41) is 5.04. The minimum Gasteiger partial charge on any atom is -0.304 e. The van der Waals surface area contributed by atoms with Crippen LogP contribution in [0, 0.1) is 0 Å². The summed E-state index contributed by atoms with van der Waals surface area (Å²) in [4.78, 5) is 13.9. The minimum absolute atomic E-state index is 0.529. The summed E-state index contributed by atoms with van der Waals surface area (Å²) in [5.74, 6) is -0.574. The van der Waals surface area contributed by atoms with E-state index in [1.165, 1.54) is 0 Å². The Hall–Kier alpha value is -1.68. The van der Waals surface area contributed by atoms with Crippen molar-refractivity contribution in [2.24, 2.45) is 0 Å². The molecule has 10 heteroatoms. The largest absolute Gasteiger partial charge is 0.304 e. The van der Waals surface area contributed by atoms with Gasteiger partial charge in [-0.1, -0.05) is 0 Å². The van der Waals surface area contributed by atoms with Crippen LogP contribution in [0.1, 0.15) is 24.2 Å². The highest BCUT2D eigenvalue weighted by Crippen LogP contribution is 2.24. The van der Waals surface area contributed by atoms with Gasteiger partial charge in [-0.25, -0.2) is 22.6 Å². The first-order valence-corrected chi connectivity index (χ1v) is 6.73. The Morgan fingerprint density at radius 1 is 1.23 bits per heavy atom. The Balaban J connectivity index is 1.98. The fraction of sp³-hybridized carbons (Fsp3) is 0.667. The lowest BCUT2D eigenvalue weighted by atomic mass is 10.3. The molecule has 0 aliphatic carbocycles. The van der Waals surface area contributed by atoms with Gasteiger partial charge in [-0.3, -0.25) is 14.9 Å². The standard InChI is InChI=1S/C12H17F4N5O/c1-19-2-4-20(5-3-19)18-10(22)7-21-9(12(15)16)6-8(17-21)11(13)14/h6,11-12H,2-5,7H2,1H3,(H,18,22). The van der Waals surface area contributed by atoms with Gasteiger partial charge in [-0.15, -0.1) is 0 Å². The van der Waals surface area contributed by atoms with Gasteiger partial charge in [-0.2, -0.15) is 5.10 Å². The summed E-state index contributed by atoms with van der Waals surface area (Å²) in [5.41, 5.74) is 1.11. The molecular weight excluding hydrogens is 306 g/mol. The minimum atomic E-state index is -2.98. The maximum absolute atomic E-state index is 12.8. The molecule has 6 nitrogen and oxygen atoms in total. The van der Waals surface area contributed by atoms with Gasteiger partial charge in [0.1, 0.15) is 17.9 Å². The third-order valence-electron chi connectivity index (χ3n) is 3.36. The normalized spacial score (nSPS) is 17.4. The fourth-order valence-corrected chi connectivity index (χ4v) is 2.13. The number of nitrogens with zero attached hydrogens (tertiary/aromatic N) is 4. The number of hydrogen-bond donors (Lipinski definition) is 1. The molecule has 1 aromatic heterocycles. The summed E-state index contributed by atoms with van der Waals surface area (Å²) < 4.78 is 51.3. The first kappa shape index (κ1) is 16.7. The average molecular weight is 323 g/mol. The lowest BCUT2D eigenvalue weighted by molar-refractivity contribution is -0.127. The Morgan fingerprint density at radius 2 is 1.86 bits per heavy atom. The topological polar surface area (TPSA) is 53.4 Å². The van der Waals surface area contributed by atoms with Crippen molar-refractivity contribution in [1.29, 1.82) is 0 Å². The molecule has 2 heterocycles. The van der Waals surface area contributed by atoms with Crippen LogP contribution in [0.15, 0.2) is 6.07 Å². The molecule has 1 fully saturated rings. The number of carbonyl (C=O) groups is 1. The van der Waals surface area contributed by atoms with Gasteiger partial charge in [0.15, 0.2) is 0 Å². The molecule has 0 unspecified atom stereocenters. The van der Waals surface area contributed by atoms with Crippen molar-refractivity contribution in [2.45, 2.75) is 19.4 Å². The Bertz CT molecular complexity index is 514. The molecule has 1 N–H and O–H groups in total. The number of hydrogen-bond acceptors (Lipinski definition) is 4. The molecule has 0 spiro atoms. The van der Waals surface area contributed by atoms with E-state index in [4.69, 9.17) is 0 Å². The van der Waals surface area contributed by atoms with Gasteiger partial charge < -0.3 is 4.90 Å². The Labute approximate surface area is 124 Å². The van der Waals surface area contributed by atoms with Crippen molar-refractivity contribution >= 4 is 5.91 Å². The zero-order valence-corrected chi connectivity index (χ0v) is 12.0. The number of piperazine rings is 1.